The summed E-state index contributed by atoms with van der Waals surface area (Å²) in [5.41, 5.74) is 1.11. The number of para-hydroxylation sites is 1. The lowest BCUT2D eigenvalue weighted by Gasteiger charge is -2.23. The van der Waals surface area contributed by atoms with Crippen molar-refractivity contribution in [3.8, 4) is 0 Å². The number of carbonyl (C=O) groups excluding carboxylic acids is 3. The summed E-state index contributed by atoms with van der Waals surface area (Å²) in [6, 6.07) is 12.2. The number of nitrogens with one attached hydrogen (secondary N) is 2. The smallest absolute Gasteiger partial charge is 0.320 e. The largest absolute Gasteiger partial charge is 0.321 e. The molecule has 0 fully saturated rings. The van der Waals surface area contributed by atoms with Crippen LogP contribution in [0.5, 0.6) is 0 Å². The van der Waals surface area contributed by atoms with Gasteiger partial charge in [-0.25, -0.2) is 4.79 Å². The molecule has 0 saturated heterocycles. The quantitative estimate of drug-likeness (QED) is 0.847. The fourth-order valence-corrected chi connectivity index (χ4v) is 2.47. The highest BCUT2D eigenvalue weighted by Crippen LogP contribution is 2.22. The number of hydrogen-bond acceptors (Lipinski definition) is 4. The third kappa shape index (κ3) is 3.38. The van der Waals surface area contributed by atoms with Crippen LogP contribution in [-0.2, 0) is 9.59 Å². The Morgan fingerprint density at radius 3 is 2.46 bits per heavy atom. The van der Waals surface area contributed by atoms with Crippen molar-refractivity contribution in [3.63, 3.8) is 0 Å². The molecule has 1 aliphatic carbocycles. The van der Waals surface area contributed by atoms with E-state index in [-0.39, 0.29) is 0 Å². The third-order valence-electron chi connectivity index (χ3n) is 3.64. The molecule has 1 heterocycles. The maximum Gasteiger partial charge on any atom is 0.320 e. The Morgan fingerprint density at radius 2 is 1.75 bits per heavy atom. The molecule has 2 N–H and O–H groups in total. The maximum absolute atomic E-state index is 12.6. The first-order valence-electron chi connectivity index (χ1n) is 7.44. The normalized spacial score (nSPS) is 19.8. The lowest BCUT2D eigenvalue weighted by molar-refractivity contribution is -0.128. The number of amides is 2. The monoisotopic (exact) mass is 321 g/mol. The Bertz CT molecular complexity index is 788. The fourth-order valence-electron chi connectivity index (χ4n) is 2.47. The molecule has 2 atom stereocenters. The van der Waals surface area contributed by atoms with Gasteiger partial charge in [-0.3, -0.25) is 14.6 Å². The summed E-state index contributed by atoms with van der Waals surface area (Å²) in [4.78, 5) is 40.8. The number of aromatic nitrogens is 1. The van der Waals surface area contributed by atoms with E-state index in [1.165, 1.54) is 12.2 Å². The van der Waals surface area contributed by atoms with E-state index in [9.17, 15) is 14.4 Å². The molecule has 0 aliphatic heterocycles. The van der Waals surface area contributed by atoms with Gasteiger partial charge in [-0.1, -0.05) is 30.3 Å². The summed E-state index contributed by atoms with van der Waals surface area (Å²) < 4.78 is 0. The average Bonchev–Trinajstić information content (AvgIpc) is 2.60. The first kappa shape index (κ1) is 15.6. The van der Waals surface area contributed by atoms with Crippen molar-refractivity contribution >= 4 is 23.3 Å². The van der Waals surface area contributed by atoms with Crippen molar-refractivity contribution in [1.82, 2.24) is 10.3 Å². The molecule has 6 heteroatoms. The highest BCUT2D eigenvalue weighted by molar-refractivity contribution is 6.18. The lowest BCUT2D eigenvalue weighted by atomic mass is 9.87. The van der Waals surface area contributed by atoms with Crippen LogP contribution in [0.25, 0.3) is 0 Å². The molecule has 2 unspecified atom stereocenters. The van der Waals surface area contributed by atoms with Crippen LogP contribution in [0.3, 0.4) is 0 Å². The zero-order valence-corrected chi connectivity index (χ0v) is 12.7. The van der Waals surface area contributed by atoms with Gasteiger partial charge in [0.25, 0.3) is 0 Å². The Hall–Kier alpha value is -3.28. The molecule has 2 aromatic rings. The minimum atomic E-state index is -1.22. The second-order valence-corrected chi connectivity index (χ2v) is 5.29. The van der Waals surface area contributed by atoms with Crippen LogP contribution < -0.4 is 10.6 Å². The number of Topliss-reactive ketones (excluding diaryl/α,β-unsaturated/α-hetero) is 1. The number of pyridine rings is 1. The number of ketones is 2. The highest BCUT2D eigenvalue weighted by atomic mass is 16.2. The van der Waals surface area contributed by atoms with E-state index in [2.05, 4.69) is 15.6 Å². The van der Waals surface area contributed by atoms with Gasteiger partial charge in [-0.05, 0) is 30.3 Å². The van der Waals surface area contributed by atoms with Crippen LogP contribution in [0.15, 0.2) is 66.9 Å². The van der Waals surface area contributed by atoms with Gasteiger partial charge in [0.2, 0.25) is 0 Å². The number of benzene rings is 1. The fraction of sp³-hybridized carbons (Fsp3) is 0.111. The highest BCUT2D eigenvalue weighted by Gasteiger charge is 2.36. The van der Waals surface area contributed by atoms with Crippen LogP contribution in [0.2, 0.25) is 0 Å². The zero-order chi connectivity index (χ0) is 16.9. The predicted octanol–water partition coefficient (Wildman–Crippen LogP) is 2.06. The summed E-state index contributed by atoms with van der Waals surface area (Å²) in [6.07, 6.45) is 4.41. The van der Waals surface area contributed by atoms with Gasteiger partial charge < -0.3 is 10.6 Å². The van der Waals surface area contributed by atoms with Crippen LogP contribution in [0.4, 0.5) is 10.5 Å². The molecule has 24 heavy (non-hydrogen) atoms. The average molecular weight is 321 g/mol. The first-order chi connectivity index (χ1) is 11.6. The van der Waals surface area contributed by atoms with Crippen molar-refractivity contribution in [2.24, 2.45) is 0 Å². The minimum absolute atomic E-state index is 0.399. The molecular formula is C18H15N3O3. The molecule has 1 aliphatic rings. The predicted molar refractivity (Wildman–Crippen MR) is 88.5 cm³/mol. The summed E-state index contributed by atoms with van der Waals surface area (Å²) in [6.45, 7) is 0. The van der Waals surface area contributed by atoms with E-state index >= 15 is 0 Å². The van der Waals surface area contributed by atoms with Crippen LogP contribution in [0, 0.1) is 0 Å². The molecule has 0 radical (unpaired) electrons. The topological polar surface area (TPSA) is 88.2 Å². The van der Waals surface area contributed by atoms with E-state index in [4.69, 9.17) is 0 Å². The molecule has 0 saturated carbocycles. The van der Waals surface area contributed by atoms with Crippen molar-refractivity contribution in [2.45, 2.75) is 12.0 Å². The van der Waals surface area contributed by atoms with Gasteiger partial charge in [-0.2, -0.15) is 0 Å². The SMILES string of the molecule is O=C(Nc1ccccc1)NC1C(=O)C=CC(c2ccccn2)C1=O. The summed E-state index contributed by atoms with van der Waals surface area (Å²) in [5.74, 6) is -1.49. The second kappa shape index (κ2) is 6.87. The number of anilines is 1. The molecule has 3 rings (SSSR count). The second-order valence-electron chi connectivity index (χ2n) is 5.29. The van der Waals surface area contributed by atoms with Gasteiger partial charge in [0, 0.05) is 11.9 Å². The molecule has 0 bridgehead atoms. The van der Waals surface area contributed by atoms with Crippen LogP contribution in [0.1, 0.15) is 11.6 Å². The zero-order valence-electron chi connectivity index (χ0n) is 12.7. The number of carbonyl (C=O) groups is 3. The summed E-state index contributed by atoms with van der Waals surface area (Å²) >= 11 is 0. The van der Waals surface area contributed by atoms with Gasteiger partial charge in [-0.15, -0.1) is 0 Å². The van der Waals surface area contributed by atoms with Gasteiger partial charge in [0.15, 0.2) is 17.6 Å². The molecule has 6 nitrogen and oxygen atoms in total. The van der Waals surface area contributed by atoms with Crippen LogP contribution >= 0.6 is 0 Å². The Labute approximate surface area is 138 Å². The maximum atomic E-state index is 12.6. The number of allylic oxidation sites excluding steroid dienone is 1. The first-order valence-corrected chi connectivity index (χ1v) is 7.44. The minimum Gasteiger partial charge on any atom is -0.321 e. The van der Waals surface area contributed by atoms with E-state index in [0.29, 0.717) is 11.4 Å². The van der Waals surface area contributed by atoms with E-state index < -0.39 is 29.6 Å². The third-order valence-corrected chi connectivity index (χ3v) is 3.64. The molecule has 1 aromatic heterocycles. The van der Waals surface area contributed by atoms with E-state index in [1.54, 1.807) is 48.7 Å². The van der Waals surface area contributed by atoms with Crippen molar-refractivity contribution in [2.75, 3.05) is 5.32 Å². The molecular weight excluding hydrogens is 306 g/mol. The summed E-state index contributed by atoms with van der Waals surface area (Å²) in [7, 11) is 0. The molecule has 0 spiro atoms. The number of hydrogen-bond donors (Lipinski definition) is 2. The van der Waals surface area contributed by atoms with Gasteiger partial charge in [0.1, 0.15) is 0 Å². The molecule has 1 aromatic carbocycles. The van der Waals surface area contributed by atoms with Gasteiger partial charge in [0.05, 0.1) is 11.6 Å². The summed E-state index contributed by atoms with van der Waals surface area (Å²) in [5, 5.41) is 5.03. The Kier molecular flexibility index (Phi) is 4.47. The number of rotatable bonds is 3. The van der Waals surface area contributed by atoms with Crippen LogP contribution in [-0.4, -0.2) is 28.6 Å². The van der Waals surface area contributed by atoms with Crippen molar-refractivity contribution < 1.29 is 14.4 Å². The standard InChI is InChI=1S/C18H15N3O3/c22-15-10-9-13(14-8-4-5-11-19-14)17(23)16(15)21-18(24)20-12-6-2-1-3-7-12/h1-11,13,16H,(H2,20,21,24). The number of urea groups is 1. The van der Waals surface area contributed by atoms with E-state index in [1.807, 2.05) is 6.07 Å². The number of nitrogens with zero attached hydrogens (tertiary/aromatic N) is 1. The lowest BCUT2D eigenvalue weighted by Crippen LogP contribution is -2.50. The van der Waals surface area contributed by atoms with Crippen molar-refractivity contribution in [1.29, 1.82) is 0 Å². The Balaban J connectivity index is 1.73. The Morgan fingerprint density at radius 1 is 1.00 bits per heavy atom. The van der Waals surface area contributed by atoms with Crippen molar-refractivity contribution in [3.05, 3.63) is 72.6 Å². The van der Waals surface area contributed by atoms with Gasteiger partial charge >= 0.3 is 6.03 Å². The molecule has 120 valence electrons. The molecule has 2 amide bonds. The van der Waals surface area contributed by atoms with E-state index in [0.717, 1.165) is 0 Å².